The average Bonchev–Trinajstić information content (AvgIpc) is 3.28. The highest BCUT2D eigenvalue weighted by atomic mass is 32.2. The van der Waals surface area contributed by atoms with Crippen molar-refractivity contribution in [1.29, 1.82) is 0 Å². The molecule has 0 radical (unpaired) electrons. The Morgan fingerprint density at radius 3 is 2.75 bits per heavy atom. The maximum Gasteiger partial charge on any atom is 0.191 e. The van der Waals surface area contributed by atoms with Crippen molar-refractivity contribution in [3.63, 3.8) is 0 Å². The van der Waals surface area contributed by atoms with Gasteiger partial charge in [0.25, 0.3) is 0 Å². The molecule has 0 saturated carbocycles. The fourth-order valence-electron chi connectivity index (χ4n) is 2.24. The van der Waals surface area contributed by atoms with Crippen LogP contribution in [-0.4, -0.2) is 37.6 Å². The van der Waals surface area contributed by atoms with Crippen molar-refractivity contribution >= 4 is 29.1 Å². The van der Waals surface area contributed by atoms with Gasteiger partial charge < -0.3 is 15.1 Å². The molecule has 0 aliphatic carbocycles. The minimum atomic E-state index is 0.823. The Balaban J connectivity index is 1.72. The molecule has 4 nitrogen and oxygen atoms in total. The Kier molecular flexibility index (Phi) is 9.49. The zero-order valence-electron chi connectivity index (χ0n) is 14.3. The molecule has 0 aliphatic rings. The largest absolute Gasteiger partial charge is 0.469 e. The van der Waals surface area contributed by atoms with Gasteiger partial charge in [0.05, 0.1) is 6.26 Å². The van der Waals surface area contributed by atoms with Crippen LogP contribution < -0.4 is 10.6 Å². The molecule has 0 bridgehead atoms. The van der Waals surface area contributed by atoms with Crippen LogP contribution in [0.1, 0.15) is 23.5 Å². The molecule has 6 heteroatoms. The highest BCUT2D eigenvalue weighted by molar-refractivity contribution is 7.98. The van der Waals surface area contributed by atoms with E-state index in [1.165, 1.54) is 17.1 Å². The van der Waals surface area contributed by atoms with Crippen LogP contribution in [0.3, 0.4) is 0 Å². The second-order valence-corrected chi connectivity index (χ2v) is 7.46. The zero-order valence-corrected chi connectivity index (χ0v) is 15.9. The summed E-state index contributed by atoms with van der Waals surface area (Å²) in [6.07, 6.45) is 8.12. The predicted octanol–water partition coefficient (Wildman–Crippen LogP) is 3.80. The SMILES string of the molecule is CSCCCCN=C(NCCc1ccco1)NCCc1cccs1. The topological polar surface area (TPSA) is 49.6 Å². The van der Waals surface area contributed by atoms with Crippen molar-refractivity contribution in [2.75, 3.05) is 31.6 Å². The molecule has 2 rings (SSSR count). The summed E-state index contributed by atoms with van der Waals surface area (Å²) in [5.41, 5.74) is 0. The zero-order chi connectivity index (χ0) is 16.9. The summed E-state index contributed by atoms with van der Waals surface area (Å²) in [6.45, 7) is 2.59. The Labute approximate surface area is 153 Å². The van der Waals surface area contributed by atoms with E-state index in [2.05, 4.69) is 34.4 Å². The van der Waals surface area contributed by atoms with Crippen LogP contribution in [0, 0.1) is 0 Å². The Bertz CT molecular complexity index is 511. The van der Waals surface area contributed by atoms with E-state index in [1.54, 1.807) is 17.6 Å². The lowest BCUT2D eigenvalue weighted by molar-refractivity contribution is 0.506. The highest BCUT2D eigenvalue weighted by Gasteiger charge is 2.01. The maximum absolute atomic E-state index is 5.37. The van der Waals surface area contributed by atoms with E-state index in [1.807, 2.05) is 23.9 Å². The fraction of sp³-hybridized carbons (Fsp3) is 0.500. The van der Waals surface area contributed by atoms with Crippen LogP contribution in [0.15, 0.2) is 45.3 Å². The second-order valence-electron chi connectivity index (χ2n) is 5.44. The second kappa shape index (κ2) is 12.0. The molecular weight excluding hydrogens is 338 g/mol. The molecule has 2 N–H and O–H groups in total. The van der Waals surface area contributed by atoms with E-state index in [-0.39, 0.29) is 0 Å². The number of guanidine groups is 1. The summed E-state index contributed by atoms with van der Waals surface area (Å²) in [5, 5.41) is 8.97. The molecule has 2 aromatic rings. The first-order valence-electron chi connectivity index (χ1n) is 8.44. The number of hydrogen-bond acceptors (Lipinski definition) is 4. The van der Waals surface area contributed by atoms with E-state index in [9.17, 15) is 0 Å². The monoisotopic (exact) mass is 365 g/mol. The third-order valence-corrected chi connectivity index (χ3v) is 5.15. The van der Waals surface area contributed by atoms with Crippen LogP contribution in [0.2, 0.25) is 0 Å². The van der Waals surface area contributed by atoms with Gasteiger partial charge in [0, 0.05) is 30.9 Å². The first kappa shape index (κ1) is 18.9. The van der Waals surface area contributed by atoms with Crippen LogP contribution >= 0.6 is 23.1 Å². The van der Waals surface area contributed by atoms with Gasteiger partial charge in [-0.25, -0.2) is 0 Å². The number of thiophene rings is 1. The van der Waals surface area contributed by atoms with Crippen LogP contribution in [0.25, 0.3) is 0 Å². The smallest absolute Gasteiger partial charge is 0.191 e. The van der Waals surface area contributed by atoms with Gasteiger partial charge >= 0.3 is 0 Å². The molecule has 0 amide bonds. The number of hydrogen-bond donors (Lipinski definition) is 2. The van der Waals surface area contributed by atoms with Crippen molar-refractivity contribution < 1.29 is 4.42 Å². The van der Waals surface area contributed by atoms with Gasteiger partial charge in [-0.3, -0.25) is 4.99 Å². The average molecular weight is 366 g/mol. The fourth-order valence-corrected chi connectivity index (χ4v) is 3.44. The molecule has 0 aliphatic heterocycles. The minimum absolute atomic E-state index is 0.823. The summed E-state index contributed by atoms with van der Waals surface area (Å²) in [7, 11) is 0. The van der Waals surface area contributed by atoms with Crippen molar-refractivity contribution in [3.05, 3.63) is 46.5 Å². The summed E-state index contributed by atoms with van der Waals surface area (Å²) in [6, 6.07) is 8.21. The quantitative estimate of drug-likeness (QED) is 0.361. The molecule has 0 saturated heterocycles. The molecule has 0 atom stereocenters. The third kappa shape index (κ3) is 7.93. The van der Waals surface area contributed by atoms with Crippen LogP contribution in [0.4, 0.5) is 0 Å². The Morgan fingerprint density at radius 1 is 1.17 bits per heavy atom. The molecule has 2 aromatic heterocycles. The summed E-state index contributed by atoms with van der Waals surface area (Å²) < 4.78 is 5.37. The maximum atomic E-state index is 5.37. The molecule has 0 unspecified atom stereocenters. The standard InChI is InChI=1S/C18H27N3OS2/c1-23-14-3-2-10-19-18(20-11-8-16-6-4-13-22-16)21-12-9-17-7-5-15-24-17/h4-7,13,15H,2-3,8-12,14H2,1H3,(H2,19,20,21). The lowest BCUT2D eigenvalue weighted by Gasteiger charge is -2.12. The van der Waals surface area contributed by atoms with Gasteiger partial charge in [-0.2, -0.15) is 11.8 Å². The van der Waals surface area contributed by atoms with Gasteiger partial charge in [0.15, 0.2) is 5.96 Å². The molecule has 24 heavy (non-hydrogen) atoms. The molecule has 2 heterocycles. The van der Waals surface area contributed by atoms with Crippen molar-refractivity contribution in [2.24, 2.45) is 4.99 Å². The van der Waals surface area contributed by atoms with E-state index in [0.29, 0.717) is 0 Å². The van der Waals surface area contributed by atoms with E-state index in [0.717, 1.165) is 50.6 Å². The lowest BCUT2D eigenvalue weighted by Crippen LogP contribution is -2.39. The molecule has 0 fully saturated rings. The first-order chi connectivity index (χ1) is 11.9. The van der Waals surface area contributed by atoms with Gasteiger partial charge in [0.1, 0.15) is 5.76 Å². The number of nitrogens with zero attached hydrogens (tertiary/aromatic N) is 1. The molecular formula is C18H27N3OS2. The number of unbranched alkanes of at least 4 members (excludes halogenated alkanes) is 1. The lowest BCUT2D eigenvalue weighted by atomic mass is 10.3. The van der Waals surface area contributed by atoms with Crippen LogP contribution in [-0.2, 0) is 12.8 Å². The summed E-state index contributed by atoms with van der Waals surface area (Å²) in [4.78, 5) is 6.09. The first-order valence-corrected chi connectivity index (χ1v) is 10.7. The number of thioether (sulfide) groups is 1. The van der Waals surface area contributed by atoms with E-state index >= 15 is 0 Å². The van der Waals surface area contributed by atoms with Crippen molar-refractivity contribution in [2.45, 2.75) is 25.7 Å². The summed E-state index contributed by atoms with van der Waals surface area (Å²) in [5.74, 6) is 3.12. The normalized spacial score (nSPS) is 11.6. The molecule has 0 spiro atoms. The van der Waals surface area contributed by atoms with Gasteiger partial charge in [-0.15, -0.1) is 11.3 Å². The van der Waals surface area contributed by atoms with E-state index < -0.39 is 0 Å². The Morgan fingerprint density at radius 2 is 2.04 bits per heavy atom. The van der Waals surface area contributed by atoms with Crippen LogP contribution in [0.5, 0.6) is 0 Å². The van der Waals surface area contributed by atoms with E-state index in [4.69, 9.17) is 9.41 Å². The van der Waals surface area contributed by atoms with Crippen molar-refractivity contribution in [3.8, 4) is 0 Å². The number of rotatable bonds is 11. The number of aliphatic imine (C=N–C) groups is 1. The number of furan rings is 1. The molecule has 132 valence electrons. The summed E-state index contributed by atoms with van der Waals surface area (Å²) >= 11 is 3.70. The van der Waals surface area contributed by atoms with Gasteiger partial charge in [-0.1, -0.05) is 6.07 Å². The van der Waals surface area contributed by atoms with Gasteiger partial charge in [-0.05, 0) is 54.9 Å². The van der Waals surface area contributed by atoms with Gasteiger partial charge in [0.2, 0.25) is 0 Å². The predicted molar refractivity (Wildman–Crippen MR) is 106 cm³/mol. The van der Waals surface area contributed by atoms with Crippen molar-refractivity contribution in [1.82, 2.24) is 10.6 Å². The minimum Gasteiger partial charge on any atom is -0.469 e. The highest BCUT2D eigenvalue weighted by Crippen LogP contribution is 2.08. The third-order valence-electron chi connectivity index (χ3n) is 3.51. The number of nitrogens with one attached hydrogen (secondary N) is 2. The molecule has 0 aromatic carbocycles. The Hall–Kier alpha value is -1.40.